The van der Waals surface area contributed by atoms with Crippen molar-refractivity contribution in [2.24, 2.45) is 0 Å². The number of anilines is 1. The van der Waals surface area contributed by atoms with Crippen LogP contribution in [0.5, 0.6) is 0 Å². The summed E-state index contributed by atoms with van der Waals surface area (Å²) in [6, 6.07) is 5.18. The summed E-state index contributed by atoms with van der Waals surface area (Å²) in [4.78, 5) is 22.8. The van der Waals surface area contributed by atoms with Crippen LogP contribution in [0.3, 0.4) is 0 Å². The van der Waals surface area contributed by atoms with Gasteiger partial charge in [0.15, 0.2) is 6.04 Å². The Morgan fingerprint density at radius 3 is 2.68 bits per heavy atom. The van der Waals surface area contributed by atoms with Gasteiger partial charge in [-0.3, -0.25) is 0 Å². The van der Waals surface area contributed by atoms with Gasteiger partial charge >= 0.3 is 19.1 Å². The minimum absolute atomic E-state index is 0. The van der Waals surface area contributed by atoms with Gasteiger partial charge in [0.2, 0.25) is 0 Å². The topological polar surface area (TPSA) is 136 Å². The van der Waals surface area contributed by atoms with Crippen molar-refractivity contribution in [3.8, 4) is 0 Å². The fourth-order valence-corrected chi connectivity index (χ4v) is 1.60. The first-order valence-electron chi connectivity index (χ1n) is 6.36. The number of halogens is 1. The predicted octanol–water partition coefficient (Wildman–Crippen LogP) is -5.33. The highest BCUT2D eigenvalue weighted by Gasteiger charge is 2.17. The van der Waals surface area contributed by atoms with Crippen molar-refractivity contribution >= 4 is 30.3 Å². The molecule has 0 aliphatic heterocycles. The summed E-state index contributed by atoms with van der Waals surface area (Å²) in [5.74, 6) is -0.429. The maximum Gasteiger partial charge on any atom is 0.488 e. The lowest BCUT2D eigenvalue weighted by Gasteiger charge is -2.10. The lowest BCUT2D eigenvalue weighted by Crippen LogP contribution is -3.00. The smallest absolute Gasteiger partial charge is 0.488 e. The monoisotopic (exact) mass is 331 g/mol. The maximum atomic E-state index is 11.6. The van der Waals surface area contributed by atoms with Gasteiger partial charge < -0.3 is 43.6 Å². The molecule has 1 rings (SSSR count). The maximum absolute atomic E-state index is 11.6. The Labute approximate surface area is 134 Å². The van der Waals surface area contributed by atoms with E-state index in [0.717, 1.165) is 0 Å². The molecule has 1 aromatic carbocycles. The largest absolute Gasteiger partial charge is 1.00 e. The number of quaternary nitrogens is 1. The van der Waals surface area contributed by atoms with Crippen molar-refractivity contribution in [1.82, 2.24) is 5.32 Å². The van der Waals surface area contributed by atoms with E-state index in [0.29, 0.717) is 12.1 Å². The second kappa shape index (κ2) is 10.0. The molecule has 1 aromatic rings. The lowest BCUT2D eigenvalue weighted by atomic mass is 9.80. The van der Waals surface area contributed by atoms with Gasteiger partial charge in [0.25, 0.3) is 0 Å². The van der Waals surface area contributed by atoms with E-state index in [4.69, 9.17) is 10.0 Å². The van der Waals surface area contributed by atoms with Gasteiger partial charge in [-0.1, -0.05) is 12.1 Å². The van der Waals surface area contributed by atoms with Gasteiger partial charge in [-0.05, 0) is 17.6 Å². The first-order valence-corrected chi connectivity index (χ1v) is 6.36. The number of benzene rings is 1. The molecule has 10 heteroatoms. The molecule has 0 aliphatic rings. The van der Waals surface area contributed by atoms with Gasteiger partial charge in [0, 0.05) is 18.7 Å². The van der Waals surface area contributed by atoms with Crippen molar-refractivity contribution < 1.29 is 42.5 Å². The molecule has 2 amide bonds. The number of amides is 2. The zero-order valence-electron chi connectivity index (χ0n) is 12.1. The number of hydrogen-bond donors (Lipinski definition) is 5. The minimum Gasteiger partial charge on any atom is -1.00 e. The molecule has 0 saturated carbocycles. The van der Waals surface area contributed by atoms with Crippen LogP contribution in [0.1, 0.15) is 6.42 Å². The molecule has 122 valence electrons. The average molecular weight is 332 g/mol. The molecule has 0 spiro atoms. The first kappa shape index (κ1) is 20.2. The molecular weight excluding hydrogens is 312 g/mol. The standard InChI is InChI=1S/C12H18BN3O5.ClH/c1-21-11(17)10(14)5-6-15-12(18)16-9-4-2-3-8(7-9)13(19)20;/h2-4,7,10,19-20H,5-6,14H2,1H3,(H2,15,16,18);1H/t10-;/m0./s1. The minimum atomic E-state index is -1.60. The fourth-order valence-electron chi connectivity index (χ4n) is 1.60. The second-order valence-electron chi connectivity index (χ2n) is 4.39. The molecule has 0 fully saturated rings. The first-order chi connectivity index (χ1) is 9.93. The third-order valence-corrected chi connectivity index (χ3v) is 2.76. The van der Waals surface area contributed by atoms with Crippen LogP contribution in [0, 0.1) is 0 Å². The van der Waals surface area contributed by atoms with Crippen LogP contribution < -0.4 is 34.2 Å². The van der Waals surface area contributed by atoms with Crippen molar-refractivity contribution in [1.29, 1.82) is 0 Å². The molecule has 8 nitrogen and oxygen atoms in total. The number of ether oxygens (including phenoxy) is 1. The van der Waals surface area contributed by atoms with Crippen LogP contribution >= 0.6 is 0 Å². The Kier molecular flexibility index (Phi) is 9.19. The summed E-state index contributed by atoms with van der Waals surface area (Å²) in [5, 5.41) is 23.2. The predicted molar refractivity (Wildman–Crippen MR) is 76.6 cm³/mol. The summed E-state index contributed by atoms with van der Waals surface area (Å²) in [6.07, 6.45) is 0.357. The molecule has 0 aromatic heterocycles. The number of hydrogen-bond acceptors (Lipinski definition) is 5. The van der Waals surface area contributed by atoms with E-state index in [2.05, 4.69) is 21.1 Å². The molecule has 0 saturated heterocycles. The van der Waals surface area contributed by atoms with Gasteiger partial charge in [0.05, 0.1) is 7.11 Å². The van der Waals surface area contributed by atoms with Gasteiger partial charge in [0.1, 0.15) is 0 Å². The van der Waals surface area contributed by atoms with Crippen molar-refractivity contribution in [3.05, 3.63) is 24.3 Å². The molecule has 1 atom stereocenters. The molecule has 0 aliphatic carbocycles. The zero-order chi connectivity index (χ0) is 15.8. The Morgan fingerprint density at radius 2 is 2.09 bits per heavy atom. The Morgan fingerprint density at radius 1 is 1.41 bits per heavy atom. The molecule has 0 unspecified atom stereocenters. The molecule has 0 radical (unpaired) electrons. The molecule has 0 heterocycles. The van der Waals surface area contributed by atoms with E-state index >= 15 is 0 Å². The van der Waals surface area contributed by atoms with Gasteiger partial charge in [-0.25, -0.2) is 9.59 Å². The Hall–Kier alpha value is -1.81. The summed E-state index contributed by atoms with van der Waals surface area (Å²) in [7, 11) is -0.315. The Balaban J connectivity index is 0.00000441. The number of nitrogens with one attached hydrogen (secondary N) is 2. The lowest BCUT2D eigenvalue weighted by molar-refractivity contribution is -0.408. The number of carbonyl (C=O) groups is 2. The quantitative estimate of drug-likeness (QED) is 0.262. The second-order valence-corrected chi connectivity index (χ2v) is 4.39. The van der Waals surface area contributed by atoms with E-state index in [9.17, 15) is 9.59 Å². The van der Waals surface area contributed by atoms with E-state index in [-0.39, 0.29) is 24.4 Å². The van der Waals surface area contributed by atoms with Gasteiger partial charge in [-0.15, -0.1) is 0 Å². The van der Waals surface area contributed by atoms with Crippen LogP contribution in [-0.4, -0.2) is 48.9 Å². The number of rotatable bonds is 6. The Bertz CT molecular complexity index is 503. The van der Waals surface area contributed by atoms with Gasteiger partial charge in [-0.2, -0.15) is 0 Å². The molecule has 0 bridgehead atoms. The summed E-state index contributed by atoms with van der Waals surface area (Å²) >= 11 is 0. The highest BCUT2D eigenvalue weighted by molar-refractivity contribution is 6.58. The van der Waals surface area contributed by atoms with E-state index < -0.39 is 25.2 Å². The summed E-state index contributed by atoms with van der Waals surface area (Å²) < 4.78 is 4.52. The van der Waals surface area contributed by atoms with E-state index in [1.165, 1.54) is 19.2 Å². The number of urea groups is 1. The number of esters is 1. The highest BCUT2D eigenvalue weighted by Crippen LogP contribution is 2.03. The third kappa shape index (κ3) is 6.77. The summed E-state index contributed by atoms with van der Waals surface area (Å²) in [6.45, 7) is 0.261. The van der Waals surface area contributed by atoms with Crippen LogP contribution in [-0.2, 0) is 9.53 Å². The van der Waals surface area contributed by atoms with Crippen molar-refractivity contribution in [2.75, 3.05) is 19.0 Å². The van der Waals surface area contributed by atoms with Crippen molar-refractivity contribution in [2.45, 2.75) is 12.5 Å². The highest BCUT2D eigenvalue weighted by atomic mass is 35.5. The molecule has 22 heavy (non-hydrogen) atoms. The fraction of sp³-hybridized carbons (Fsp3) is 0.333. The average Bonchev–Trinajstić information content (AvgIpc) is 2.46. The van der Waals surface area contributed by atoms with Crippen molar-refractivity contribution in [3.63, 3.8) is 0 Å². The van der Waals surface area contributed by atoms with Crippen LogP contribution in [0.4, 0.5) is 10.5 Å². The van der Waals surface area contributed by atoms with E-state index in [1.807, 2.05) is 0 Å². The number of methoxy groups -OCH3 is 1. The molecular formula is C12H19BClN3O5. The SMILES string of the molecule is COC(=O)[C@@H]([NH3+])CCNC(=O)Nc1cccc(B(O)O)c1.[Cl-]. The molecule has 7 N–H and O–H groups in total. The number of carbonyl (C=O) groups excluding carboxylic acids is 2. The van der Waals surface area contributed by atoms with Crippen LogP contribution in [0.15, 0.2) is 24.3 Å². The summed E-state index contributed by atoms with van der Waals surface area (Å²) in [5.41, 5.74) is 4.32. The zero-order valence-corrected chi connectivity index (χ0v) is 12.8. The third-order valence-electron chi connectivity index (χ3n) is 2.76. The van der Waals surface area contributed by atoms with E-state index in [1.54, 1.807) is 12.1 Å². The normalized spacial score (nSPS) is 10.9. The van der Waals surface area contributed by atoms with Crippen LogP contribution in [0.2, 0.25) is 0 Å². The van der Waals surface area contributed by atoms with Crippen LogP contribution in [0.25, 0.3) is 0 Å².